The Morgan fingerprint density at radius 2 is 2.19 bits per heavy atom. The Bertz CT molecular complexity index is 344. The summed E-state index contributed by atoms with van der Waals surface area (Å²) in [7, 11) is 0. The van der Waals surface area contributed by atoms with Gasteiger partial charge in [-0.2, -0.15) is 0 Å². The largest absolute Gasteiger partial charge is 0.271 e. The molecule has 1 aromatic rings. The topological polar surface area (TPSA) is 38.0 Å². The molecule has 2 atom stereocenters. The third-order valence-electron chi connectivity index (χ3n) is 2.87. The molecule has 0 aromatic heterocycles. The molecule has 4 heteroatoms. The molecule has 90 valence electrons. The van der Waals surface area contributed by atoms with Crippen LogP contribution in [0, 0.1) is 11.7 Å². The van der Waals surface area contributed by atoms with Crippen LogP contribution in [0.1, 0.15) is 38.3 Å². The van der Waals surface area contributed by atoms with Crippen molar-refractivity contribution in [2.45, 2.75) is 32.7 Å². The predicted molar refractivity (Wildman–Crippen MR) is 68.2 cm³/mol. The Balaban J connectivity index is 2.86. The fourth-order valence-electron chi connectivity index (χ4n) is 1.64. The van der Waals surface area contributed by atoms with Crippen LogP contribution in [0.4, 0.5) is 4.39 Å². The van der Waals surface area contributed by atoms with Gasteiger partial charge in [0.1, 0.15) is 5.82 Å². The maximum atomic E-state index is 13.0. The maximum Gasteiger partial charge on any atom is 0.124 e. The summed E-state index contributed by atoms with van der Waals surface area (Å²) in [4.78, 5) is 0. The second-order valence-electron chi connectivity index (χ2n) is 4.13. The van der Waals surface area contributed by atoms with Gasteiger partial charge in [-0.15, -0.1) is 0 Å². The van der Waals surface area contributed by atoms with Gasteiger partial charge in [0.15, 0.2) is 0 Å². The molecular formula is C12H18BrFN2. The second kappa shape index (κ2) is 6.33. The van der Waals surface area contributed by atoms with Crippen molar-refractivity contribution in [3.05, 3.63) is 34.1 Å². The minimum absolute atomic E-state index is 0.0601. The van der Waals surface area contributed by atoms with E-state index in [0.717, 1.165) is 22.9 Å². The average Bonchev–Trinajstić information content (AvgIpc) is 2.26. The Labute approximate surface area is 105 Å². The first-order valence-corrected chi connectivity index (χ1v) is 6.28. The summed E-state index contributed by atoms with van der Waals surface area (Å²) in [5.41, 5.74) is 3.80. The van der Waals surface area contributed by atoms with Gasteiger partial charge in [-0.1, -0.05) is 42.3 Å². The van der Waals surface area contributed by atoms with Crippen molar-refractivity contribution in [1.82, 2.24) is 5.43 Å². The fourth-order valence-corrected chi connectivity index (χ4v) is 2.27. The van der Waals surface area contributed by atoms with Crippen LogP contribution in [-0.4, -0.2) is 0 Å². The van der Waals surface area contributed by atoms with Crippen LogP contribution < -0.4 is 11.3 Å². The van der Waals surface area contributed by atoms with E-state index in [9.17, 15) is 4.39 Å². The first kappa shape index (κ1) is 13.6. The van der Waals surface area contributed by atoms with Gasteiger partial charge in [0, 0.05) is 10.5 Å². The molecular weight excluding hydrogens is 271 g/mol. The number of hydrogen-bond acceptors (Lipinski definition) is 2. The van der Waals surface area contributed by atoms with Gasteiger partial charge < -0.3 is 0 Å². The average molecular weight is 289 g/mol. The van der Waals surface area contributed by atoms with Crippen LogP contribution in [0.3, 0.4) is 0 Å². The van der Waals surface area contributed by atoms with E-state index in [1.807, 2.05) is 0 Å². The summed E-state index contributed by atoms with van der Waals surface area (Å²) in [6.07, 6.45) is 2.05. The predicted octanol–water partition coefficient (Wildman–Crippen LogP) is 3.53. The quantitative estimate of drug-likeness (QED) is 0.643. The SMILES string of the molecule is CCC(C)CC(NN)c1ccc(F)cc1Br. The van der Waals surface area contributed by atoms with E-state index in [0.29, 0.717) is 5.92 Å². The van der Waals surface area contributed by atoms with Crippen molar-refractivity contribution in [3.63, 3.8) is 0 Å². The van der Waals surface area contributed by atoms with E-state index in [2.05, 4.69) is 35.2 Å². The summed E-state index contributed by atoms with van der Waals surface area (Å²) >= 11 is 3.36. The molecule has 2 unspecified atom stereocenters. The smallest absolute Gasteiger partial charge is 0.124 e. The summed E-state index contributed by atoms with van der Waals surface area (Å²) in [5.74, 6) is 5.89. The Kier molecular flexibility index (Phi) is 5.38. The number of hydrogen-bond donors (Lipinski definition) is 2. The molecule has 3 N–H and O–H groups in total. The molecule has 0 saturated carbocycles. The number of nitrogens with one attached hydrogen (secondary N) is 1. The lowest BCUT2D eigenvalue weighted by Crippen LogP contribution is -2.29. The molecule has 16 heavy (non-hydrogen) atoms. The highest BCUT2D eigenvalue weighted by atomic mass is 79.9. The first-order chi connectivity index (χ1) is 7.58. The van der Waals surface area contributed by atoms with Crippen LogP contribution in [0.15, 0.2) is 22.7 Å². The zero-order valence-electron chi connectivity index (χ0n) is 9.63. The van der Waals surface area contributed by atoms with E-state index in [4.69, 9.17) is 5.84 Å². The van der Waals surface area contributed by atoms with Gasteiger partial charge in [-0.05, 0) is 30.0 Å². The van der Waals surface area contributed by atoms with Gasteiger partial charge in [0.2, 0.25) is 0 Å². The van der Waals surface area contributed by atoms with Crippen molar-refractivity contribution in [2.75, 3.05) is 0 Å². The molecule has 0 aliphatic carbocycles. The fraction of sp³-hybridized carbons (Fsp3) is 0.500. The molecule has 0 spiro atoms. The molecule has 0 fully saturated rings. The Morgan fingerprint density at radius 1 is 1.50 bits per heavy atom. The lowest BCUT2D eigenvalue weighted by molar-refractivity contribution is 0.406. The van der Waals surface area contributed by atoms with Gasteiger partial charge >= 0.3 is 0 Å². The zero-order valence-corrected chi connectivity index (χ0v) is 11.2. The molecule has 0 bridgehead atoms. The zero-order chi connectivity index (χ0) is 12.1. The number of hydrazine groups is 1. The number of benzene rings is 1. The molecule has 0 saturated heterocycles. The van der Waals surface area contributed by atoms with Gasteiger partial charge in [-0.3, -0.25) is 11.3 Å². The van der Waals surface area contributed by atoms with Crippen molar-refractivity contribution in [3.8, 4) is 0 Å². The molecule has 0 aliphatic heterocycles. The summed E-state index contributed by atoms with van der Waals surface area (Å²) in [6.45, 7) is 4.33. The van der Waals surface area contributed by atoms with Crippen molar-refractivity contribution in [1.29, 1.82) is 0 Å². The number of nitrogens with two attached hydrogens (primary N) is 1. The molecule has 0 amide bonds. The van der Waals surface area contributed by atoms with Crippen LogP contribution in [0.25, 0.3) is 0 Å². The minimum atomic E-state index is -0.241. The van der Waals surface area contributed by atoms with E-state index in [-0.39, 0.29) is 11.9 Å². The van der Waals surface area contributed by atoms with Crippen LogP contribution >= 0.6 is 15.9 Å². The molecule has 0 aliphatic rings. The monoisotopic (exact) mass is 288 g/mol. The highest BCUT2D eigenvalue weighted by Gasteiger charge is 2.15. The third kappa shape index (κ3) is 3.54. The number of rotatable bonds is 5. The van der Waals surface area contributed by atoms with E-state index in [1.54, 1.807) is 6.07 Å². The van der Waals surface area contributed by atoms with E-state index < -0.39 is 0 Å². The van der Waals surface area contributed by atoms with Crippen LogP contribution in [0.2, 0.25) is 0 Å². The minimum Gasteiger partial charge on any atom is -0.271 e. The third-order valence-corrected chi connectivity index (χ3v) is 3.56. The maximum absolute atomic E-state index is 13.0. The van der Waals surface area contributed by atoms with Crippen LogP contribution in [0.5, 0.6) is 0 Å². The Morgan fingerprint density at radius 3 is 2.69 bits per heavy atom. The highest BCUT2D eigenvalue weighted by Crippen LogP contribution is 2.28. The Hall–Kier alpha value is -0.450. The van der Waals surface area contributed by atoms with Crippen LogP contribution in [-0.2, 0) is 0 Å². The molecule has 2 nitrogen and oxygen atoms in total. The van der Waals surface area contributed by atoms with Crippen molar-refractivity contribution < 1.29 is 4.39 Å². The molecule has 1 rings (SSSR count). The normalized spacial score (nSPS) is 14.8. The summed E-state index contributed by atoms with van der Waals surface area (Å²) < 4.78 is 13.7. The molecule has 0 heterocycles. The van der Waals surface area contributed by atoms with Crippen molar-refractivity contribution in [2.24, 2.45) is 11.8 Å². The van der Waals surface area contributed by atoms with Gasteiger partial charge in [0.05, 0.1) is 0 Å². The van der Waals surface area contributed by atoms with Crippen molar-refractivity contribution >= 4 is 15.9 Å². The standard InChI is InChI=1S/C12H18BrFN2/c1-3-8(2)6-12(16-15)10-5-4-9(14)7-11(10)13/h4-5,7-8,12,16H,3,6,15H2,1-2H3. The number of halogens is 2. The van der Waals surface area contributed by atoms with Gasteiger partial charge in [-0.25, -0.2) is 4.39 Å². The second-order valence-corrected chi connectivity index (χ2v) is 4.99. The molecule has 1 aromatic carbocycles. The summed E-state index contributed by atoms with van der Waals surface area (Å²) in [6, 6.07) is 4.76. The highest BCUT2D eigenvalue weighted by molar-refractivity contribution is 9.10. The lowest BCUT2D eigenvalue weighted by Gasteiger charge is -2.21. The van der Waals surface area contributed by atoms with E-state index in [1.165, 1.54) is 12.1 Å². The van der Waals surface area contributed by atoms with E-state index >= 15 is 0 Å². The van der Waals surface area contributed by atoms with Gasteiger partial charge in [0.25, 0.3) is 0 Å². The lowest BCUT2D eigenvalue weighted by atomic mass is 9.95. The molecule has 0 radical (unpaired) electrons. The summed E-state index contributed by atoms with van der Waals surface area (Å²) in [5, 5.41) is 0. The first-order valence-electron chi connectivity index (χ1n) is 5.49.